The van der Waals surface area contributed by atoms with Crippen LogP contribution in [0.15, 0.2) is 178 Å². The molecule has 2 aliphatic heterocycles. The van der Waals surface area contributed by atoms with Gasteiger partial charge in [0.05, 0.1) is 75.9 Å². The van der Waals surface area contributed by atoms with E-state index in [0.717, 1.165) is 60.0 Å². The highest BCUT2D eigenvalue weighted by molar-refractivity contribution is 7.89. The van der Waals surface area contributed by atoms with Crippen molar-refractivity contribution in [3.63, 3.8) is 0 Å². The van der Waals surface area contributed by atoms with Crippen LogP contribution < -0.4 is 40.4 Å². The Morgan fingerprint density at radius 2 is 1.40 bits per heavy atom. The normalized spacial score (nSPS) is 13.2. The van der Waals surface area contributed by atoms with Gasteiger partial charge in [0.1, 0.15) is 35.0 Å². The Balaban J connectivity index is 0.612. The van der Waals surface area contributed by atoms with Gasteiger partial charge < -0.3 is 44.4 Å². The number of para-hydroxylation sites is 1. The molecular formula is C72H81N10O13S2+. The Hall–Kier alpha value is -9.47. The maximum atomic E-state index is 14.1. The van der Waals surface area contributed by atoms with Gasteiger partial charge in [-0.05, 0) is 124 Å². The maximum absolute atomic E-state index is 14.1. The monoisotopic (exact) mass is 1360 g/mol. The lowest BCUT2D eigenvalue weighted by Gasteiger charge is -2.24. The molecule has 0 spiro atoms. The van der Waals surface area contributed by atoms with Crippen LogP contribution in [0.4, 0.5) is 17.1 Å². The number of benzene rings is 7. The molecule has 508 valence electrons. The summed E-state index contributed by atoms with van der Waals surface area (Å²) in [5, 5.41) is 18.6. The predicted molar refractivity (Wildman–Crippen MR) is 371 cm³/mol. The first-order chi connectivity index (χ1) is 47.0. The van der Waals surface area contributed by atoms with Crippen molar-refractivity contribution in [2.24, 2.45) is 0 Å². The average molecular weight is 1360 g/mol. The molecule has 1 unspecified atom stereocenters. The molecule has 5 N–H and O–H groups in total. The van der Waals surface area contributed by atoms with Crippen LogP contribution in [-0.2, 0) is 57.0 Å². The van der Waals surface area contributed by atoms with E-state index in [0.29, 0.717) is 88.6 Å². The van der Waals surface area contributed by atoms with Gasteiger partial charge in [0.2, 0.25) is 27.2 Å². The molecule has 1 aromatic heterocycles. The minimum absolute atomic E-state index is 0.0135. The molecule has 0 saturated carbocycles. The summed E-state index contributed by atoms with van der Waals surface area (Å²) in [4.78, 5) is 56.7. The van der Waals surface area contributed by atoms with Gasteiger partial charge in [-0.1, -0.05) is 78.0 Å². The SMILES string of the molecule is CCN(CC)c1ccc2c(-c3ccc(S(=O)(=O)NCCOCCOCCOCCn4cc(CNC(=O)CCC(=O)NC5CCCN(C(=O)c6ccc(NC(=O)c7ccccc7-c7ccccc7)cc6)c6ccccc65)nn4)cc3S(=O)(=O)O)c3ccc(=[N+](CC)CC)cc-3oc2c1. The first kappa shape index (κ1) is 70.3. The van der Waals surface area contributed by atoms with Gasteiger partial charge in [-0.25, -0.2) is 22.4 Å². The number of aromatic nitrogens is 3. The van der Waals surface area contributed by atoms with Crippen LogP contribution in [0.3, 0.4) is 0 Å². The quantitative estimate of drug-likeness (QED) is 0.0117. The van der Waals surface area contributed by atoms with E-state index in [2.05, 4.69) is 40.5 Å². The minimum Gasteiger partial charge on any atom is -0.456 e. The molecule has 0 fully saturated rings. The topological polar surface area (TPSA) is 286 Å². The molecule has 25 heteroatoms. The Kier molecular flexibility index (Phi) is 23.9. The Labute approximate surface area is 564 Å². The number of nitrogens with zero attached hydrogens (tertiary/aromatic N) is 6. The van der Waals surface area contributed by atoms with Crippen LogP contribution in [0, 0.1) is 0 Å². The highest BCUT2D eigenvalue weighted by Gasteiger charge is 2.30. The van der Waals surface area contributed by atoms with Crippen LogP contribution in [0.5, 0.6) is 0 Å². The average Bonchev–Trinajstić information content (AvgIpc) is 1.06. The number of carbonyl (C=O) groups excluding carboxylic acids is 4. The third-order valence-corrected chi connectivity index (χ3v) is 19.2. The minimum atomic E-state index is -4.97. The number of hydrogen-bond acceptors (Lipinski definition) is 15. The van der Waals surface area contributed by atoms with Gasteiger partial charge in [0.25, 0.3) is 21.9 Å². The molecule has 1 atom stereocenters. The van der Waals surface area contributed by atoms with Crippen molar-refractivity contribution in [1.82, 2.24) is 34.9 Å². The lowest BCUT2D eigenvalue weighted by Crippen LogP contribution is -2.32. The third kappa shape index (κ3) is 17.8. The van der Waals surface area contributed by atoms with Crippen molar-refractivity contribution >= 4 is 71.8 Å². The third-order valence-electron chi connectivity index (χ3n) is 16.8. The zero-order valence-electron chi connectivity index (χ0n) is 54.7. The number of ether oxygens (including phenoxy) is 3. The standard InChI is InChI=1S/C72H80N10O13S2/c1-5-79(6-2)54-28-31-60-65(45-54)95-66-46-55(80(7-3)8-4)29-32-61(66)70(60)62-33-30-56(47-67(62)97(89,90)91)96(87,88)74-36-39-92-41-43-94-44-42-93-40-38-81-49-53(77-78-81)48-73-68(83)34-35-69(84)76-63-22-16-37-82(64-23-15-14-21-59(63)64)72(86)51-24-26-52(27-25-51)75-71(85)58-20-13-12-19-57(58)50-17-10-9-11-18-50/h9-15,17-21,23-33,45-47,49,63,74H,5-8,16,22,34-44,48H2,1-4H3,(H3-,73,75,76,83,84,85,86,89,90,91)/p+1. The van der Waals surface area contributed by atoms with E-state index < -0.39 is 25.0 Å². The van der Waals surface area contributed by atoms with Crippen LogP contribution >= 0.6 is 0 Å². The van der Waals surface area contributed by atoms with Gasteiger partial charge in [0.15, 0.2) is 0 Å². The van der Waals surface area contributed by atoms with Crippen LogP contribution in [0.1, 0.15) is 91.4 Å². The zero-order chi connectivity index (χ0) is 68.5. The van der Waals surface area contributed by atoms with Crippen molar-refractivity contribution < 1.29 is 59.2 Å². The number of hydrogen-bond donors (Lipinski definition) is 5. The lowest BCUT2D eigenvalue weighted by molar-refractivity contribution is -0.127. The van der Waals surface area contributed by atoms with Crippen LogP contribution in [0.25, 0.3) is 44.5 Å². The van der Waals surface area contributed by atoms with Crippen LogP contribution in [-0.4, -0.2) is 139 Å². The highest BCUT2D eigenvalue weighted by Crippen LogP contribution is 2.44. The molecule has 6 aromatic carbocycles. The van der Waals surface area contributed by atoms with Crippen molar-refractivity contribution in [2.75, 3.05) is 94.0 Å². The van der Waals surface area contributed by atoms with Crippen molar-refractivity contribution in [3.05, 3.63) is 192 Å². The molecule has 1 aliphatic carbocycles. The molecule has 7 aromatic rings. The largest absolute Gasteiger partial charge is 0.456 e. The molecule has 0 radical (unpaired) electrons. The Bertz CT molecular complexity index is 4520. The summed E-state index contributed by atoms with van der Waals surface area (Å²) in [6.07, 6.45) is 2.77. The number of nitrogens with one attached hydrogen (secondary N) is 4. The summed E-state index contributed by atoms with van der Waals surface area (Å²) >= 11 is 0. The van der Waals surface area contributed by atoms with Gasteiger partial charge in [-0.2, -0.15) is 8.42 Å². The van der Waals surface area contributed by atoms with Gasteiger partial charge >= 0.3 is 0 Å². The number of fused-ring (bicyclic) bond motifs is 3. The first-order valence-electron chi connectivity index (χ1n) is 32.6. The smallest absolute Gasteiger partial charge is 0.295 e. The molecule has 97 heavy (non-hydrogen) atoms. The van der Waals surface area contributed by atoms with Crippen molar-refractivity contribution in [2.45, 2.75) is 82.3 Å². The zero-order valence-corrected chi connectivity index (χ0v) is 56.4. The summed E-state index contributed by atoms with van der Waals surface area (Å²) in [6.45, 7) is 13.1. The van der Waals surface area contributed by atoms with E-state index in [4.69, 9.17) is 18.6 Å². The second kappa shape index (κ2) is 33.0. The van der Waals surface area contributed by atoms with Crippen molar-refractivity contribution in [1.29, 1.82) is 0 Å². The second-order valence-electron chi connectivity index (χ2n) is 23.0. The summed E-state index contributed by atoms with van der Waals surface area (Å²) in [5.41, 5.74) is 7.79. The molecule has 10 rings (SSSR count). The van der Waals surface area contributed by atoms with E-state index in [1.165, 1.54) is 12.1 Å². The van der Waals surface area contributed by atoms with Crippen molar-refractivity contribution in [3.8, 4) is 33.6 Å². The van der Waals surface area contributed by atoms with Gasteiger partial charge in [-0.3, -0.25) is 23.7 Å². The lowest BCUT2D eigenvalue weighted by atomic mass is 9.93. The number of sulfonamides is 1. The fourth-order valence-electron chi connectivity index (χ4n) is 11.9. The van der Waals surface area contributed by atoms with E-state index in [9.17, 15) is 40.6 Å². The Morgan fingerprint density at radius 3 is 2.14 bits per heavy atom. The molecule has 0 bridgehead atoms. The molecule has 4 amide bonds. The number of carbonyl (C=O) groups is 4. The van der Waals surface area contributed by atoms with Gasteiger partial charge in [-0.15, -0.1) is 5.10 Å². The summed E-state index contributed by atoms with van der Waals surface area (Å²) in [6, 6.07) is 46.0. The van der Waals surface area contributed by atoms with E-state index in [1.807, 2.05) is 137 Å². The number of amides is 4. The highest BCUT2D eigenvalue weighted by atomic mass is 32.2. The molecule has 3 heterocycles. The summed E-state index contributed by atoms with van der Waals surface area (Å²) in [5.74, 6) is -0.630. The number of rotatable bonds is 31. The van der Waals surface area contributed by atoms with E-state index >= 15 is 0 Å². The second-order valence-corrected chi connectivity index (χ2v) is 26.2. The Morgan fingerprint density at radius 1 is 0.711 bits per heavy atom. The van der Waals surface area contributed by atoms with Crippen LogP contribution in [0.2, 0.25) is 0 Å². The fourth-order valence-corrected chi connectivity index (χ4v) is 13.7. The fraction of sp³-hybridized carbons (Fsp3) is 0.319. The maximum Gasteiger partial charge on any atom is 0.295 e. The van der Waals surface area contributed by atoms with E-state index in [1.54, 1.807) is 46.1 Å². The predicted octanol–water partition coefficient (Wildman–Crippen LogP) is 9.34. The molecule has 23 nitrogen and oxygen atoms in total. The van der Waals surface area contributed by atoms with Gasteiger partial charge in [0, 0.05) is 101 Å². The summed E-state index contributed by atoms with van der Waals surface area (Å²) in [7, 11) is -9.25. The molecule has 0 saturated heterocycles. The number of anilines is 3. The van der Waals surface area contributed by atoms with E-state index in [-0.39, 0.29) is 99.1 Å². The molecular weight excluding hydrogens is 1280 g/mol. The summed E-state index contributed by atoms with van der Waals surface area (Å²) < 4.78 is 93.8. The first-order valence-corrected chi connectivity index (χ1v) is 35.5. The molecule has 3 aliphatic rings.